The first-order valence-corrected chi connectivity index (χ1v) is 9.54. The molecule has 0 aliphatic carbocycles. The highest BCUT2D eigenvalue weighted by molar-refractivity contribution is 5.27. The molecule has 0 unspecified atom stereocenters. The minimum atomic E-state index is 0.685. The van der Waals surface area contributed by atoms with E-state index in [4.69, 9.17) is 9.84 Å². The van der Waals surface area contributed by atoms with Gasteiger partial charge in [0.2, 0.25) is 5.88 Å². The molecular weight excluding hydrogens is 334 g/mol. The van der Waals surface area contributed by atoms with Crippen LogP contribution in [0.5, 0.6) is 5.88 Å². The maximum absolute atomic E-state index is 5.92. The zero-order chi connectivity index (χ0) is 19.1. The van der Waals surface area contributed by atoms with Gasteiger partial charge in [-0.2, -0.15) is 0 Å². The minimum Gasteiger partial charge on any atom is -0.477 e. The first-order valence-electron chi connectivity index (χ1n) is 9.54. The van der Waals surface area contributed by atoms with Crippen molar-refractivity contribution in [1.82, 2.24) is 14.7 Å². The van der Waals surface area contributed by atoms with Crippen LogP contribution in [-0.2, 0) is 13.0 Å². The predicted molar refractivity (Wildman–Crippen MR) is 110 cm³/mol. The van der Waals surface area contributed by atoms with Crippen LogP contribution in [0.2, 0.25) is 0 Å². The van der Waals surface area contributed by atoms with Gasteiger partial charge in [0.1, 0.15) is 0 Å². The fourth-order valence-corrected chi connectivity index (χ4v) is 3.12. The van der Waals surface area contributed by atoms with Crippen molar-refractivity contribution in [3.63, 3.8) is 0 Å². The van der Waals surface area contributed by atoms with E-state index in [9.17, 15) is 0 Å². The molecule has 0 aliphatic rings. The summed E-state index contributed by atoms with van der Waals surface area (Å²) in [6, 6.07) is 21.2. The highest BCUT2D eigenvalue weighted by atomic mass is 16.5. The van der Waals surface area contributed by atoms with E-state index < -0.39 is 0 Å². The molecule has 3 rings (SSSR count). The molecule has 0 saturated heterocycles. The fraction of sp³-hybridized carbons (Fsp3) is 0.348. The molecule has 142 valence electrons. The standard InChI is InChI=1S/C23H29N3O/c1-19-9-7-12-21(15-19)18-26-22(16-20-10-5-4-6-11-20)17-23(24-26)27-14-8-13-25(2)3/h4-7,9-12,15,17H,8,13-14,16,18H2,1-3H3. The Labute approximate surface area is 162 Å². The molecule has 4 nitrogen and oxygen atoms in total. The van der Waals surface area contributed by atoms with Crippen LogP contribution in [0.4, 0.5) is 0 Å². The normalized spacial score (nSPS) is 11.1. The molecule has 0 bridgehead atoms. The lowest BCUT2D eigenvalue weighted by atomic mass is 10.1. The number of aryl methyl sites for hydroxylation is 1. The minimum absolute atomic E-state index is 0.685. The quantitative estimate of drug-likeness (QED) is 0.535. The van der Waals surface area contributed by atoms with Crippen LogP contribution >= 0.6 is 0 Å². The van der Waals surface area contributed by atoms with Crippen LogP contribution < -0.4 is 4.74 Å². The van der Waals surface area contributed by atoms with Crippen molar-refractivity contribution in [2.45, 2.75) is 26.3 Å². The Morgan fingerprint density at radius 3 is 2.48 bits per heavy atom. The number of aromatic nitrogens is 2. The topological polar surface area (TPSA) is 30.3 Å². The first-order chi connectivity index (χ1) is 13.1. The van der Waals surface area contributed by atoms with Gasteiger partial charge < -0.3 is 9.64 Å². The Morgan fingerprint density at radius 2 is 1.74 bits per heavy atom. The number of ether oxygens (including phenoxy) is 1. The van der Waals surface area contributed by atoms with E-state index in [0.29, 0.717) is 12.5 Å². The fourth-order valence-electron chi connectivity index (χ4n) is 3.12. The van der Waals surface area contributed by atoms with Gasteiger partial charge in [0, 0.05) is 24.7 Å². The summed E-state index contributed by atoms with van der Waals surface area (Å²) in [5, 5.41) is 4.73. The van der Waals surface area contributed by atoms with E-state index in [1.165, 1.54) is 22.4 Å². The maximum Gasteiger partial charge on any atom is 0.233 e. The monoisotopic (exact) mass is 363 g/mol. The SMILES string of the molecule is Cc1cccc(Cn2nc(OCCCN(C)C)cc2Cc2ccccc2)c1. The van der Waals surface area contributed by atoms with E-state index >= 15 is 0 Å². The molecule has 27 heavy (non-hydrogen) atoms. The molecule has 0 N–H and O–H groups in total. The zero-order valence-corrected chi connectivity index (χ0v) is 16.6. The van der Waals surface area contributed by atoms with Crippen molar-refractivity contribution in [3.8, 4) is 5.88 Å². The van der Waals surface area contributed by atoms with Gasteiger partial charge in [-0.15, -0.1) is 5.10 Å². The van der Waals surface area contributed by atoms with Crippen molar-refractivity contribution >= 4 is 0 Å². The summed E-state index contributed by atoms with van der Waals surface area (Å²) in [4.78, 5) is 2.17. The van der Waals surface area contributed by atoms with Crippen LogP contribution in [0.25, 0.3) is 0 Å². The second kappa shape index (κ2) is 9.38. The Hall–Kier alpha value is -2.59. The van der Waals surface area contributed by atoms with Gasteiger partial charge in [0.05, 0.1) is 13.2 Å². The van der Waals surface area contributed by atoms with Crippen molar-refractivity contribution in [1.29, 1.82) is 0 Å². The van der Waals surface area contributed by atoms with Crippen LogP contribution in [0.3, 0.4) is 0 Å². The third-order valence-electron chi connectivity index (χ3n) is 4.48. The number of hydrogen-bond acceptors (Lipinski definition) is 3. The summed E-state index contributed by atoms with van der Waals surface area (Å²) in [7, 11) is 4.16. The predicted octanol–water partition coefficient (Wildman–Crippen LogP) is 4.16. The van der Waals surface area contributed by atoms with Gasteiger partial charge in [-0.3, -0.25) is 4.68 Å². The molecule has 4 heteroatoms. The molecule has 1 heterocycles. The van der Waals surface area contributed by atoms with E-state index in [1.54, 1.807) is 0 Å². The second-order valence-electron chi connectivity index (χ2n) is 7.29. The third kappa shape index (κ3) is 5.97. The van der Waals surface area contributed by atoms with Crippen LogP contribution in [-0.4, -0.2) is 41.9 Å². The molecule has 0 saturated carbocycles. The van der Waals surface area contributed by atoms with Gasteiger partial charge >= 0.3 is 0 Å². The number of rotatable bonds is 9. The highest BCUT2D eigenvalue weighted by Gasteiger charge is 2.11. The van der Waals surface area contributed by atoms with Crippen LogP contribution in [0.1, 0.15) is 28.8 Å². The second-order valence-corrected chi connectivity index (χ2v) is 7.29. The van der Waals surface area contributed by atoms with Gasteiger partial charge in [-0.05, 0) is 38.6 Å². The average molecular weight is 364 g/mol. The molecular formula is C23H29N3O. The molecule has 1 aromatic heterocycles. The van der Waals surface area contributed by atoms with Crippen LogP contribution in [0, 0.1) is 6.92 Å². The Bertz CT molecular complexity index is 840. The third-order valence-corrected chi connectivity index (χ3v) is 4.48. The van der Waals surface area contributed by atoms with Crippen molar-refractivity contribution in [2.75, 3.05) is 27.2 Å². The summed E-state index contributed by atoms with van der Waals surface area (Å²) in [6.07, 6.45) is 1.84. The van der Waals surface area contributed by atoms with E-state index in [2.05, 4.69) is 85.2 Å². The molecule has 0 amide bonds. The lowest BCUT2D eigenvalue weighted by Crippen LogP contribution is -2.15. The zero-order valence-electron chi connectivity index (χ0n) is 16.6. The first kappa shape index (κ1) is 19.2. The summed E-state index contributed by atoms with van der Waals surface area (Å²) in [5.74, 6) is 0.715. The van der Waals surface area contributed by atoms with E-state index in [-0.39, 0.29) is 0 Å². The molecule has 0 atom stereocenters. The Morgan fingerprint density at radius 1 is 0.963 bits per heavy atom. The smallest absolute Gasteiger partial charge is 0.233 e. The number of nitrogens with zero attached hydrogens (tertiary/aromatic N) is 3. The van der Waals surface area contributed by atoms with Gasteiger partial charge in [0.15, 0.2) is 0 Å². The van der Waals surface area contributed by atoms with Crippen molar-refractivity contribution in [3.05, 3.63) is 83.0 Å². The number of hydrogen-bond donors (Lipinski definition) is 0. The summed E-state index contributed by atoms with van der Waals surface area (Å²) >= 11 is 0. The molecule has 0 radical (unpaired) electrons. The van der Waals surface area contributed by atoms with Gasteiger partial charge in [-0.25, -0.2) is 0 Å². The maximum atomic E-state index is 5.92. The molecule has 2 aromatic carbocycles. The number of benzene rings is 2. The lowest BCUT2D eigenvalue weighted by Gasteiger charge is -2.09. The van der Waals surface area contributed by atoms with E-state index in [1.807, 2.05) is 6.07 Å². The van der Waals surface area contributed by atoms with Gasteiger partial charge in [-0.1, -0.05) is 60.2 Å². The lowest BCUT2D eigenvalue weighted by molar-refractivity contribution is 0.270. The average Bonchev–Trinajstić information content (AvgIpc) is 3.01. The molecule has 3 aromatic rings. The summed E-state index contributed by atoms with van der Waals surface area (Å²) in [6.45, 7) is 4.58. The Kier molecular flexibility index (Phi) is 6.66. The summed E-state index contributed by atoms with van der Waals surface area (Å²) < 4.78 is 7.99. The highest BCUT2D eigenvalue weighted by Crippen LogP contribution is 2.18. The molecule has 0 spiro atoms. The largest absolute Gasteiger partial charge is 0.477 e. The van der Waals surface area contributed by atoms with Crippen LogP contribution in [0.15, 0.2) is 60.7 Å². The van der Waals surface area contributed by atoms with Crippen molar-refractivity contribution < 1.29 is 4.74 Å². The summed E-state index contributed by atoms with van der Waals surface area (Å²) in [5.41, 5.74) is 4.98. The molecule has 0 aliphatic heterocycles. The van der Waals surface area contributed by atoms with E-state index in [0.717, 1.165) is 25.9 Å². The molecule has 0 fully saturated rings. The van der Waals surface area contributed by atoms with Gasteiger partial charge in [0.25, 0.3) is 0 Å². The van der Waals surface area contributed by atoms with Crippen molar-refractivity contribution in [2.24, 2.45) is 0 Å². The Balaban J connectivity index is 1.76.